The number of nitro benzene ring substituents is 3. The van der Waals surface area contributed by atoms with Gasteiger partial charge in [-0.2, -0.15) is 0 Å². The molecule has 127 valence electrons. The summed E-state index contributed by atoms with van der Waals surface area (Å²) < 4.78 is 0. The van der Waals surface area contributed by atoms with Crippen molar-refractivity contribution < 1.29 is 31.8 Å². The quantitative estimate of drug-likeness (QED) is 0.376. The predicted octanol–water partition coefficient (Wildman–Crippen LogP) is 3.46. The molecule has 0 unspecified atom stereocenters. The van der Waals surface area contributed by atoms with Gasteiger partial charge in [-0.15, -0.1) is 0 Å². The van der Waals surface area contributed by atoms with Crippen molar-refractivity contribution in [3.8, 4) is 0 Å². The topological polar surface area (TPSA) is 129 Å². The Morgan fingerprint density at radius 3 is 2.08 bits per heavy atom. The van der Waals surface area contributed by atoms with E-state index < -0.39 is 31.8 Å². The van der Waals surface area contributed by atoms with Crippen molar-refractivity contribution in [1.29, 1.82) is 0 Å². The van der Waals surface area contributed by atoms with Crippen molar-refractivity contribution in [2.45, 2.75) is 16.2 Å². The van der Waals surface area contributed by atoms with E-state index in [9.17, 15) is 30.3 Å². The summed E-state index contributed by atoms with van der Waals surface area (Å²) in [6, 6.07) is 8.15. The molecule has 2 aromatic rings. The van der Waals surface area contributed by atoms with Crippen LogP contribution in [0.2, 0.25) is 0 Å². The molecule has 1 heterocycles. The third kappa shape index (κ3) is 2.84. The van der Waals surface area contributed by atoms with Crippen molar-refractivity contribution in [1.82, 2.24) is 0 Å². The predicted molar refractivity (Wildman–Crippen MR) is 79.8 cm³/mol. The van der Waals surface area contributed by atoms with E-state index in [1.54, 1.807) is 24.3 Å². The van der Waals surface area contributed by atoms with Crippen LogP contribution >= 0.6 is 11.8 Å². The molecule has 0 fully saturated rings. The molecular formula is C13H7CuN3O6S. The van der Waals surface area contributed by atoms with Crippen LogP contribution in [0.1, 0.15) is 11.1 Å². The molecule has 1 aliphatic rings. The summed E-state index contributed by atoms with van der Waals surface area (Å²) in [7, 11) is 0. The molecule has 0 saturated heterocycles. The van der Waals surface area contributed by atoms with Crippen LogP contribution in [0.15, 0.2) is 40.1 Å². The zero-order valence-electron chi connectivity index (χ0n) is 11.6. The van der Waals surface area contributed by atoms with Gasteiger partial charge in [0.1, 0.15) is 0 Å². The molecule has 3 rings (SSSR count). The Balaban J connectivity index is 0.00000208. The third-order valence-corrected chi connectivity index (χ3v) is 4.64. The SMILES string of the molecule is O=[N+]([O-])c1cc2c(c([N+](=O)[O-])c1[N+](=O)[O-])Cc1ccccc1S2.[Cu]. The van der Waals surface area contributed by atoms with Crippen molar-refractivity contribution >= 4 is 28.8 Å². The number of rotatable bonds is 3. The Kier molecular flexibility index (Phi) is 4.88. The van der Waals surface area contributed by atoms with E-state index in [0.717, 1.165) is 28.3 Å². The van der Waals surface area contributed by atoms with Crippen molar-refractivity contribution in [2.24, 2.45) is 0 Å². The first-order valence-electron chi connectivity index (χ1n) is 6.29. The first-order valence-corrected chi connectivity index (χ1v) is 7.10. The monoisotopic (exact) mass is 396 g/mol. The van der Waals surface area contributed by atoms with Gasteiger partial charge in [-0.25, -0.2) is 0 Å². The van der Waals surface area contributed by atoms with Crippen molar-refractivity contribution in [3.63, 3.8) is 0 Å². The van der Waals surface area contributed by atoms with E-state index >= 15 is 0 Å². The van der Waals surface area contributed by atoms with Gasteiger partial charge in [-0.1, -0.05) is 30.0 Å². The minimum absolute atomic E-state index is 0. The molecule has 0 aromatic heterocycles. The molecule has 0 atom stereocenters. The van der Waals surface area contributed by atoms with Gasteiger partial charge in [0.05, 0.1) is 20.3 Å². The van der Waals surface area contributed by atoms with E-state index in [2.05, 4.69) is 0 Å². The van der Waals surface area contributed by atoms with Crippen LogP contribution < -0.4 is 0 Å². The number of hydrogen-bond donors (Lipinski definition) is 0. The Morgan fingerprint density at radius 2 is 1.50 bits per heavy atom. The zero-order valence-corrected chi connectivity index (χ0v) is 13.4. The number of hydrogen-bond acceptors (Lipinski definition) is 7. The summed E-state index contributed by atoms with van der Waals surface area (Å²) in [5.41, 5.74) is -1.82. The molecule has 0 aliphatic carbocycles. The van der Waals surface area contributed by atoms with E-state index in [0.29, 0.717) is 4.90 Å². The van der Waals surface area contributed by atoms with Gasteiger partial charge in [0.2, 0.25) is 0 Å². The molecule has 11 heteroatoms. The Labute approximate surface area is 149 Å². The second-order valence-electron chi connectivity index (χ2n) is 4.73. The van der Waals surface area contributed by atoms with Crippen LogP contribution in [0.3, 0.4) is 0 Å². The Bertz CT molecular complexity index is 888. The van der Waals surface area contributed by atoms with E-state index in [-0.39, 0.29) is 29.1 Å². The Hall–Kier alpha value is -2.49. The standard InChI is InChI=1S/C13H7N3O6S.Cu/c17-14(18)9-6-11-8(12(15(19)20)13(9)16(21)22)5-7-3-1-2-4-10(7)23-11;/h1-4,6H,5H2;. The maximum absolute atomic E-state index is 11.4. The van der Waals surface area contributed by atoms with Gasteiger partial charge < -0.3 is 0 Å². The van der Waals surface area contributed by atoms with Crippen LogP contribution in [0.4, 0.5) is 17.1 Å². The van der Waals surface area contributed by atoms with Gasteiger partial charge in [0.25, 0.3) is 0 Å². The summed E-state index contributed by atoms with van der Waals surface area (Å²) in [6.45, 7) is 0. The Morgan fingerprint density at radius 1 is 0.875 bits per heavy atom. The normalized spacial score (nSPS) is 11.7. The summed E-state index contributed by atoms with van der Waals surface area (Å²) >= 11 is 1.13. The molecule has 0 saturated carbocycles. The van der Waals surface area contributed by atoms with Gasteiger partial charge in [-0.05, 0) is 11.6 Å². The average molecular weight is 397 g/mol. The van der Waals surface area contributed by atoms with Crippen LogP contribution in [0.25, 0.3) is 0 Å². The number of benzene rings is 2. The number of nitrogens with zero attached hydrogens (tertiary/aromatic N) is 3. The van der Waals surface area contributed by atoms with Crippen molar-refractivity contribution in [3.05, 3.63) is 71.8 Å². The zero-order chi connectivity index (χ0) is 16.7. The molecular weight excluding hydrogens is 390 g/mol. The maximum atomic E-state index is 11.4. The summed E-state index contributed by atoms with van der Waals surface area (Å²) in [5.74, 6) is 0. The largest absolute Gasteiger partial charge is 0.422 e. The van der Waals surface area contributed by atoms with Gasteiger partial charge in [-0.3, -0.25) is 30.3 Å². The van der Waals surface area contributed by atoms with Crippen LogP contribution in [-0.2, 0) is 23.5 Å². The molecule has 2 aromatic carbocycles. The van der Waals surface area contributed by atoms with E-state index in [1.165, 1.54) is 0 Å². The van der Waals surface area contributed by atoms with Crippen LogP contribution in [0, 0.1) is 30.3 Å². The minimum atomic E-state index is -1.07. The molecule has 9 nitrogen and oxygen atoms in total. The van der Waals surface area contributed by atoms with Gasteiger partial charge in [0.15, 0.2) is 0 Å². The smallest absolute Gasteiger partial charge is 0.258 e. The maximum Gasteiger partial charge on any atom is 0.422 e. The molecule has 0 amide bonds. The second-order valence-corrected chi connectivity index (χ2v) is 5.81. The fourth-order valence-electron chi connectivity index (χ4n) is 2.50. The van der Waals surface area contributed by atoms with Gasteiger partial charge in [0, 0.05) is 39.3 Å². The molecule has 0 bridgehead atoms. The molecule has 1 aliphatic heterocycles. The fourth-order valence-corrected chi connectivity index (χ4v) is 3.61. The first kappa shape index (κ1) is 17.9. The second kappa shape index (κ2) is 6.55. The van der Waals surface area contributed by atoms with Crippen LogP contribution in [0.5, 0.6) is 0 Å². The first-order chi connectivity index (χ1) is 10.9. The van der Waals surface area contributed by atoms with E-state index in [4.69, 9.17) is 0 Å². The summed E-state index contributed by atoms with van der Waals surface area (Å²) in [4.78, 5) is 31.8. The summed E-state index contributed by atoms with van der Waals surface area (Å²) in [6.07, 6.45) is 0.119. The molecule has 0 spiro atoms. The fraction of sp³-hybridized carbons (Fsp3) is 0.0769. The number of nitro groups is 3. The molecule has 0 N–H and O–H groups in total. The van der Waals surface area contributed by atoms with Crippen LogP contribution in [-0.4, -0.2) is 14.8 Å². The number of fused-ring (bicyclic) bond motifs is 2. The minimum Gasteiger partial charge on any atom is -0.258 e. The van der Waals surface area contributed by atoms with Gasteiger partial charge >= 0.3 is 17.1 Å². The van der Waals surface area contributed by atoms with Crippen molar-refractivity contribution in [2.75, 3.05) is 0 Å². The van der Waals surface area contributed by atoms with E-state index in [1.807, 2.05) is 0 Å². The third-order valence-electron chi connectivity index (χ3n) is 3.44. The average Bonchev–Trinajstić information content (AvgIpc) is 2.50. The molecule has 1 radical (unpaired) electrons. The summed E-state index contributed by atoms with van der Waals surface area (Å²) in [5, 5.41) is 33.6. The molecule has 24 heavy (non-hydrogen) atoms.